The number of rotatable bonds is 3. The third-order valence-electron chi connectivity index (χ3n) is 8.41. The molecule has 1 atom stereocenters. The lowest BCUT2D eigenvalue weighted by Crippen LogP contribution is -2.57. The van der Waals surface area contributed by atoms with Crippen LogP contribution in [0.1, 0.15) is 56.7 Å². The number of carbonyl (C=O) groups excluding carboxylic acids is 3. The zero-order valence-electron chi connectivity index (χ0n) is 22.8. The van der Waals surface area contributed by atoms with Gasteiger partial charge in [-0.2, -0.15) is 5.10 Å². The number of nitrogens with one attached hydrogen (secondary N) is 3. The zero-order chi connectivity index (χ0) is 27.4. The summed E-state index contributed by atoms with van der Waals surface area (Å²) in [6, 6.07) is 11.7. The number of carbonyl (C=O) groups is 3. The molecule has 1 fully saturated rings. The van der Waals surface area contributed by atoms with Gasteiger partial charge in [-0.25, -0.2) is 4.79 Å². The monoisotopic (exact) mass is 528 g/mol. The number of fused-ring (bicyclic) bond motifs is 5. The SMILES string of the molecule is CC(C)(C)CN1Cc2c(ccc3[nH]ncc23)C[C@@H](CC(=O)N2CCC3(CC2)NC(=O)Nc2ccccc23)C1=O. The molecule has 0 aliphatic carbocycles. The lowest BCUT2D eigenvalue weighted by Gasteiger charge is -2.45. The van der Waals surface area contributed by atoms with Crippen molar-refractivity contribution in [2.45, 2.75) is 58.5 Å². The molecule has 1 saturated heterocycles. The molecule has 6 rings (SSSR count). The predicted molar refractivity (Wildman–Crippen MR) is 149 cm³/mol. The van der Waals surface area contributed by atoms with Gasteiger partial charge in [0, 0.05) is 49.2 Å². The van der Waals surface area contributed by atoms with Gasteiger partial charge in [-0.3, -0.25) is 14.7 Å². The molecule has 9 heteroatoms. The number of benzene rings is 2. The first-order valence-electron chi connectivity index (χ1n) is 13.8. The van der Waals surface area contributed by atoms with Gasteiger partial charge in [-0.15, -0.1) is 0 Å². The molecule has 1 aromatic heterocycles. The molecule has 4 heterocycles. The first-order chi connectivity index (χ1) is 18.6. The standard InChI is InChI=1S/C30H36N6O3/c1-29(2,3)18-36-17-22-19(8-9-24-21(22)16-31-34-24)14-20(27(36)38)15-26(37)35-12-10-30(11-13-35)23-6-4-5-7-25(23)32-28(39)33-30/h4-9,16,20H,10-15,17-18H2,1-3H3,(H,31,34)(H2,32,33,39)/t20-/m0/s1. The first kappa shape index (κ1) is 25.4. The van der Waals surface area contributed by atoms with Crippen LogP contribution in [-0.2, 0) is 28.1 Å². The fraction of sp³-hybridized carbons (Fsp3) is 0.467. The number of urea groups is 1. The van der Waals surface area contributed by atoms with Crippen LogP contribution in [0.3, 0.4) is 0 Å². The van der Waals surface area contributed by atoms with E-state index in [1.807, 2.05) is 46.3 Å². The van der Waals surface area contributed by atoms with Crippen LogP contribution in [0, 0.1) is 11.3 Å². The maximum Gasteiger partial charge on any atom is 0.319 e. The number of aromatic nitrogens is 2. The van der Waals surface area contributed by atoms with E-state index in [0.29, 0.717) is 45.4 Å². The molecule has 0 bridgehead atoms. The molecule has 204 valence electrons. The van der Waals surface area contributed by atoms with E-state index in [2.05, 4.69) is 47.7 Å². The van der Waals surface area contributed by atoms with E-state index in [1.54, 1.807) is 0 Å². The summed E-state index contributed by atoms with van der Waals surface area (Å²) >= 11 is 0. The van der Waals surface area contributed by atoms with Crippen LogP contribution in [0.4, 0.5) is 10.5 Å². The first-order valence-corrected chi connectivity index (χ1v) is 13.8. The van der Waals surface area contributed by atoms with E-state index in [9.17, 15) is 14.4 Å². The van der Waals surface area contributed by atoms with Gasteiger partial charge in [0.2, 0.25) is 11.8 Å². The number of para-hydroxylation sites is 1. The quantitative estimate of drug-likeness (QED) is 0.474. The summed E-state index contributed by atoms with van der Waals surface area (Å²) in [5.41, 5.74) is 4.53. The molecule has 2 aromatic carbocycles. The Labute approximate surface area is 228 Å². The van der Waals surface area contributed by atoms with Gasteiger partial charge in [-0.1, -0.05) is 45.0 Å². The molecule has 3 aromatic rings. The van der Waals surface area contributed by atoms with E-state index in [1.165, 1.54) is 0 Å². The Morgan fingerprint density at radius 3 is 2.64 bits per heavy atom. The Bertz CT molecular complexity index is 1450. The molecule has 3 aliphatic rings. The van der Waals surface area contributed by atoms with Gasteiger partial charge >= 0.3 is 6.03 Å². The van der Waals surface area contributed by atoms with Crippen LogP contribution in [-0.4, -0.2) is 57.5 Å². The number of hydrogen-bond donors (Lipinski definition) is 3. The van der Waals surface area contributed by atoms with Crippen molar-refractivity contribution in [1.82, 2.24) is 25.3 Å². The lowest BCUT2D eigenvalue weighted by atomic mass is 9.78. The molecular formula is C30H36N6O3. The maximum absolute atomic E-state index is 13.9. The minimum Gasteiger partial charge on any atom is -0.342 e. The van der Waals surface area contributed by atoms with Crippen LogP contribution in [0.2, 0.25) is 0 Å². The highest BCUT2D eigenvalue weighted by atomic mass is 16.2. The van der Waals surface area contributed by atoms with E-state index >= 15 is 0 Å². The van der Waals surface area contributed by atoms with E-state index in [-0.39, 0.29) is 29.7 Å². The topological polar surface area (TPSA) is 110 Å². The minimum absolute atomic E-state index is 0.000272. The minimum atomic E-state index is -0.480. The summed E-state index contributed by atoms with van der Waals surface area (Å²) in [6.45, 7) is 8.60. The fourth-order valence-electron chi connectivity index (χ4n) is 6.56. The summed E-state index contributed by atoms with van der Waals surface area (Å²) in [4.78, 5) is 43.7. The molecule has 3 aliphatic heterocycles. The van der Waals surface area contributed by atoms with Crippen molar-refractivity contribution in [1.29, 1.82) is 0 Å². The number of H-pyrrole nitrogens is 1. The fourth-order valence-corrected chi connectivity index (χ4v) is 6.56. The van der Waals surface area contributed by atoms with Gasteiger partial charge in [0.05, 0.1) is 23.2 Å². The van der Waals surface area contributed by atoms with E-state index in [0.717, 1.165) is 33.3 Å². The van der Waals surface area contributed by atoms with Gasteiger partial charge in [0.1, 0.15) is 0 Å². The number of hydrogen-bond acceptors (Lipinski definition) is 4. The second kappa shape index (κ2) is 9.39. The number of aromatic amines is 1. The van der Waals surface area contributed by atoms with Crippen molar-refractivity contribution < 1.29 is 14.4 Å². The Morgan fingerprint density at radius 2 is 1.87 bits per heavy atom. The third-order valence-corrected chi connectivity index (χ3v) is 8.41. The molecule has 0 unspecified atom stereocenters. The highest BCUT2D eigenvalue weighted by Gasteiger charge is 2.43. The molecule has 0 radical (unpaired) electrons. The Balaban J connectivity index is 1.21. The average molecular weight is 529 g/mol. The summed E-state index contributed by atoms with van der Waals surface area (Å²) in [5.74, 6) is -0.375. The molecule has 1 spiro atoms. The van der Waals surface area contributed by atoms with Crippen LogP contribution in [0.15, 0.2) is 42.6 Å². The van der Waals surface area contributed by atoms with Crippen molar-refractivity contribution in [2.75, 3.05) is 25.0 Å². The molecule has 39 heavy (non-hydrogen) atoms. The molecule has 3 N–H and O–H groups in total. The van der Waals surface area contributed by atoms with Gasteiger partial charge in [0.25, 0.3) is 0 Å². The third kappa shape index (κ3) is 4.75. The predicted octanol–water partition coefficient (Wildman–Crippen LogP) is 4.15. The largest absolute Gasteiger partial charge is 0.342 e. The number of amides is 4. The number of piperidine rings is 1. The molecular weight excluding hydrogens is 492 g/mol. The number of likely N-dealkylation sites (tertiary alicyclic amines) is 1. The Kier molecular flexibility index (Phi) is 6.12. The smallest absolute Gasteiger partial charge is 0.319 e. The van der Waals surface area contributed by atoms with Crippen LogP contribution < -0.4 is 10.6 Å². The normalized spacial score (nSPS) is 20.7. The Morgan fingerprint density at radius 1 is 1.10 bits per heavy atom. The van der Waals surface area contributed by atoms with Crippen molar-refractivity contribution in [3.05, 3.63) is 59.3 Å². The maximum atomic E-state index is 13.9. The zero-order valence-corrected chi connectivity index (χ0v) is 22.8. The van der Waals surface area contributed by atoms with E-state index < -0.39 is 11.5 Å². The number of nitrogens with zero attached hydrogens (tertiary/aromatic N) is 3. The highest BCUT2D eigenvalue weighted by molar-refractivity contribution is 5.94. The summed E-state index contributed by atoms with van der Waals surface area (Å²) < 4.78 is 0. The van der Waals surface area contributed by atoms with Crippen LogP contribution in [0.25, 0.3) is 10.9 Å². The van der Waals surface area contributed by atoms with Crippen molar-refractivity contribution >= 4 is 34.4 Å². The van der Waals surface area contributed by atoms with Crippen molar-refractivity contribution in [3.8, 4) is 0 Å². The van der Waals surface area contributed by atoms with Gasteiger partial charge in [-0.05, 0) is 47.9 Å². The van der Waals surface area contributed by atoms with E-state index in [4.69, 9.17) is 0 Å². The second-order valence-electron chi connectivity index (χ2n) is 12.5. The summed E-state index contributed by atoms with van der Waals surface area (Å²) in [7, 11) is 0. The Hall–Kier alpha value is -3.88. The highest BCUT2D eigenvalue weighted by Crippen LogP contribution is 2.40. The van der Waals surface area contributed by atoms with Gasteiger partial charge < -0.3 is 20.4 Å². The molecule has 0 saturated carbocycles. The summed E-state index contributed by atoms with van der Waals surface area (Å²) in [6.07, 6.45) is 3.83. The molecule has 4 amide bonds. The average Bonchev–Trinajstić information content (AvgIpc) is 3.33. The van der Waals surface area contributed by atoms with Gasteiger partial charge in [0.15, 0.2) is 0 Å². The second-order valence-corrected chi connectivity index (χ2v) is 12.5. The lowest BCUT2D eigenvalue weighted by molar-refractivity contribution is -0.143. The van der Waals surface area contributed by atoms with Crippen LogP contribution in [0.5, 0.6) is 0 Å². The number of anilines is 1. The van der Waals surface area contributed by atoms with Crippen molar-refractivity contribution in [3.63, 3.8) is 0 Å². The van der Waals surface area contributed by atoms with Crippen LogP contribution >= 0.6 is 0 Å². The van der Waals surface area contributed by atoms with Crippen molar-refractivity contribution in [2.24, 2.45) is 11.3 Å². The summed E-state index contributed by atoms with van der Waals surface area (Å²) in [5, 5.41) is 14.3. The molecule has 9 nitrogen and oxygen atoms in total.